The Bertz CT molecular complexity index is 1410. The Labute approximate surface area is 211 Å². The molecule has 3 N–H and O–H groups in total. The maximum absolute atomic E-state index is 11.6. The lowest BCUT2D eigenvalue weighted by atomic mass is 9.99. The van der Waals surface area contributed by atoms with E-state index in [0.29, 0.717) is 23.7 Å². The summed E-state index contributed by atoms with van der Waals surface area (Å²) in [6.45, 7) is 9.32. The number of primary sulfonamides is 1. The van der Waals surface area contributed by atoms with Gasteiger partial charge in [-0.25, -0.2) is 13.6 Å². The fourth-order valence-corrected chi connectivity index (χ4v) is 5.21. The summed E-state index contributed by atoms with van der Waals surface area (Å²) in [4.78, 5) is 6.85. The highest BCUT2D eigenvalue weighted by atomic mass is 32.2. The van der Waals surface area contributed by atoms with E-state index < -0.39 is 10.0 Å². The molecule has 0 bridgehead atoms. The summed E-state index contributed by atoms with van der Waals surface area (Å²) in [6.07, 6.45) is 6.06. The second-order valence-electron chi connectivity index (χ2n) is 9.87. The van der Waals surface area contributed by atoms with Crippen LogP contribution < -0.4 is 19.9 Å². The van der Waals surface area contributed by atoms with E-state index in [1.807, 2.05) is 20.8 Å². The molecule has 1 fully saturated rings. The zero-order chi connectivity index (χ0) is 25.5. The molecular weight excluding hydrogens is 480 g/mol. The van der Waals surface area contributed by atoms with Crippen molar-refractivity contribution < 1.29 is 22.3 Å². The zero-order valence-electron chi connectivity index (χ0n) is 20.8. The molecule has 192 valence electrons. The number of nitrogens with two attached hydrogens (primary N) is 1. The second-order valence-corrected chi connectivity index (χ2v) is 11.4. The molecule has 3 aromatic rings. The molecule has 0 unspecified atom stereocenters. The van der Waals surface area contributed by atoms with Gasteiger partial charge in [-0.3, -0.25) is 4.90 Å². The first kappa shape index (κ1) is 24.6. The first-order valence-electron chi connectivity index (χ1n) is 12.2. The highest BCUT2D eigenvalue weighted by molar-refractivity contribution is 7.89. The third-order valence-electron chi connectivity index (χ3n) is 6.48. The predicted molar refractivity (Wildman–Crippen MR) is 139 cm³/mol. The molecule has 3 heterocycles. The van der Waals surface area contributed by atoms with Gasteiger partial charge in [0.15, 0.2) is 17.1 Å². The van der Waals surface area contributed by atoms with Gasteiger partial charge in [-0.2, -0.15) is 4.98 Å². The number of hydrogen-bond donors (Lipinski definition) is 2. The molecule has 9 nitrogen and oxygen atoms in total. The van der Waals surface area contributed by atoms with E-state index in [1.165, 1.54) is 17.7 Å². The van der Waals surface area contributed by atoms with Crippen LogP contribution in [0.4, 0.5) is 6.01 Å². The Hall–Kier alpha value is -3.08. The number of oxazole rings is 1. The molecule has 5 rings (SSSR count). The predicted octanol–water partition coefficient (Wildman–Crippen LogP) is 4.13. The Kier molecular flexibility index (Phi) is 6.44. The molecule has 2 aliphatic rings. The molecule has 0 radical (unpaired) electrons. The number of piperidine rings is 1. The number of nitrogens with one attached hydrogen (secondary N) is 1. The lowest BCUT2D eigenvalue weighted by Crippen LogP contribution is -2.38. The number of aromatic nitrogens is 1. The average Bonchev–Trinajstić information content (AvgIpc) is 3.22. The van der Waals surface area contributed by atoms with Crippen molar-refractivity contribution in [2.45, 2.75) is 56.7 Å². The minimum atomic E-state index is -3.79. The van der Waals surface area contributed by atoms with E-state index in [0.717, 1.165) is 49.5 Å². The molecule has 36 heavy (non-hydrogen) atoms. The van der Waals surface area contributed by atoms with Crippen LogP contribution in [0.25, 0.3) is 17.2 Å². The largest absolute Gasteiger partial charge is 0.490 e. The van der Waals surface area contributed by atoms with Crippen molar-refractivity contribution in [3.8, 4) is 11.5 Å². The molecule has 0 saturated carbocycles. The van der Waals surface area contributed by atoms with E-state index >= 15 is 0 Å². The second kappa shape index (κ2) is 9.42. The van der Waals surface area contributed by atoms with Crippen LogP contribution in [0.2, 0.25) is 0 Å². The smallest absolute Gasteiger partial charge is 0.295 e. The Balaban J connectivity index is 1.22. The van der Waals surface area contributed by atoms with Gasteiger partial charge in [-0.1, -0.05) is 6.08 Å². The Morgan fingerprint density at radius 1 is 1.22 bits per heavy atom. The molecule has 1 saturated heterocycles. The number of rotatable bonds is 7. The zero-order valence-corrected chi connectivity index (χ0v) is 21.6. The van der Waals surface area contributed by atoms with Crippen LogP contribution >= 0.6 is 0 Å². The van der Waals surface area contributed by atoms with Crippen molar-refractivity contribution in [3.63, 3.8) is 0 Å². The van der Waals surface area contributed by atoms with Crippen molar-refractivity contribution >= 4 is 33.2 Å². The summed E-state index contributed by atoms with van der Waals surface area (Å²) in [5, 5.41) is 8.57. The third kappa shape index (κ3) is 5.35. The number of sulfonamides is 1. The van der Waals surface area contributed by atoms with Crippen LogP contribution in [-0.2, 0) is 16.6 Å². The summed E-state index contributed by atoms with van der Waals surface area (Å²) in [5.74, 6) is 1.60. The van der Waals surface area contributed by atoms with E-state index in [4.69, 9.17) is 19.0 Å². The maximum atomic E-state index is 11.6. The molecule has 10 heteroatoms. The number of benzene rings is 2. The lowest BCUT2D eigenvalue weighted by molar-refractivity contribution is 0.149. The van der Waals surface area contributed by atoms with Crippen molar-refractivity contribution in [2.24, 2.45) is 5.14 Å². The number of ether oxygens (including phenoxy) is 2. The fraction of sp³-hybridized carbons (Fsp3) is 0.423. The van der Waals surface area contributed by atoms with Gasteiger partial charge in [0.2, 0.25) is 10.0 Å². The van der Waals surface area contributed by atoms with E-state index in [2.05, 4.69) is 39.5 Å². The van der Waals surface area contributed by atoms with Gasteiger partial charge in [-0.15, -0.1) is 0 Å². The standard InChI is InChI=1S/C26H32N4O5S/c1-4-33-23-14-17(13-18-7-10-26(2,3)35-24(18)23)16-30-11-8-19(9-12-30)28-25-29-21-15-20(36(27,31)32)5-6-22(21)34-25/h5-7,10,13-15,19H,4,8-9,11-12,16H2,1-3H3,(H,28,29)(H2,27,31,32). The molecule has 0 aliphatic carbocycles. The summed E-state index contributed by atoms with van der Waals surface area (Å²) >= 11 is 0. The molecule has 0 spiro atoms. The van der Waals surface area contributed by atoms with Crippen LogP contribution in [-0.4, -0.2) is 49.6 Å². The fourth-order valence-electron chi connectivity index (χ4n) is 4.67. The SMILES string of the molecule is CCOc1cc(CN2CCC(Nc3nc4cc(S(N)(=O)=O)ccc4o3)CC2)cc2c1OC(C)(C)C=C2. The molecule has 1 aromatic heterocycles. The minimum absolute atomic E-state index is 0.0172. The highest BCUT2D eigenvalue weighted by Crippen LogP contribution is 2.40. The van der Waals surface area contributed by atoms with Crippen LogP contribution in [0.3, 0.4) is 0 Å². The van der Waals surface area contributed by atoms with Gasteiger partial charge in [0.25, 0.3) is 6.01 Å². The molecule has 2 aromatic carbocycles. The highest BCUT2D eigenvalue weighted by Gasteiger charge is 2.26. The van der Waals surface area contributed by atoms with Crippen molar-refractivity contribution in [1.29, 1.82) is 0 Å². The number of likely N-dealkylation sites (tertiary alicyclic amines) is 1. The van der Waals surface area contributed by atoms with Crippen molar-refractivity contribution in [3.05, 3.63) is 47.5 Å². The van der Waals surface area contributed by atoms with Gasteiger partial charge in [0.1, 0.15) is 11.1 Å². The summed E-state index contributed by atoms with van der Waals surface area (Å²) in [7, 11) is -3.79. The normalized spacial score (nSPS) is 18.1. The van der Waals surface area contributed by atoms with Crippen molar-refractivity contribution in [2.75, 3.05) is 25.0 Å². The van der Waals surface area contributed by atoms with Crippen LogP contribution in [0, 0.1) is 0 Å². The van der Waals surface area contributed by atoms with Gasteiger partial charge >= 0.3 is 0 Å². The topological polar surface area (TPSA) is 120 Å². The first-order chi connectivity index (χ1) is 17.1. The van der Waals surface area contributed by atoms with Crippen LogP contribution in [0.15, 0.2) is 45.7 Å². The Morgan fingerprint density at radius 2 is 2.00 bits per heavy atom. The molecule has 0 atom stereocenters. The van der Waals surface area contributed by atoms with E-state index in [-0.39, 0.29) is 16.5 Å². The summed E-state index contributed by atoms with van der Waals surface area (Å²) in [6, 6.07) is 9.31. The van der Waals surface area contributed by atoms with Gasteiger partial charge in [-0.05, 0) is 75.6 Å². The van der Waals surface area contributed by atoms with E-state index in [9.17, 15) is 8.42 Å². The number of hydrogen-bond acceptors (Lipinski definition) is 8. The van der Waals surface area contributed by atoms with Crippen molar-refractivity contribution in [1.82, 2.24) is 9.88 Å². The first-order valence-corrected chi connectivity index (χ1v) is 13.7. The third-order valence-corrected chi connectivity index (χ3v) is 7.39. The molecular formula is C26H32N4O5S. The van der Waals surface area contributed by atoms with Crippen LogP contribution in [0.5, 0.6) is 11.5 Å². The number of fused-ring (bicyclic) bond motifs is 2. The quantitative estimate of drug-likeness (QED) is 0.485. The van der Waals surface area contributed by atoms with Crippen LogP contribution in [0.1, 0.15) is 44.7 Å². The molecule has 0 amide bonds. The minimum Gasteiger partial charge on any atom is -0.490 e. The number of anilines is 1. The monoisotopic (exact) mass is 512 g/mol. The summed E-state index contributed by atoms with van der Waals surface area (Å²) in [5.41, 5.74) is 2.87. The van der Waals surface area contributed by atoms with Gasteiger partial charge in [0, 0.05) is 31.2 Å². The van der Waals surface area contributed by atoms with Gasteiger partial charge in [0.05, 0.1) is 11.5 Å². The maximum Gasteiger partial charge on any atom is 0.295 e. The van der Waals surface area contributed by atoms with E-state index in [1.54, 1.807) is 6.07 Å². The Morgan fingerprint density at radius 3 is 2.72 bits per heavy atom. The average molecular weight is 513 g/mol. The number of nitrogens with zero attached hydrogens (tertiary/aromatic N) is 2. The summed E-state index contributed by atoms with van der Waals surface area (Å²) < 4.78 is 41.0. The van der Waals surface area contributed by atoms with Gasteiger partial charge < -0.3 is 19.2 Å². The molecule has 2 aliphatic heterocycles. The lowest BCUT2D eigenvalue weighted by Gasteiger charge is -2.33.